The minimum Gasteiger partial charge on any atom is -0.331 e. The number of thiophene rings is 1. The van der Waals surface area contributed by atoms with Crippen molar-refractivity contribution in [2.24, 2.45) is 7.05 Å². The maximum atomic E-state index is 12.6. The molecule has 20 heavy (non-hydrogen) atoms. The van der Waals surface area contributed by atoms with Crippen LogP contribution in [0.3, 0.4) is 0 Å². The first-order valence-electron chi connectivity index (χ1n) is 6.30. The van der Waals surface area contributed by atoms with Crippen LogP contribution in [0.5, 0.6) is 0 Å². The lowest BCUT2D eigenvalue weighted by Gasteiger charge is -2.23. The molecule has 7 heteroatoms. The number of carbonyl (C=O) groups is 1. The molecule has 3 rings (SSSR count). The number of aromatic nitrogens is 2. The fraction of sp³-hybridized carbons (Fsp3) is 0.385. The van der Waals surface area contributed by atoms with Crippen molar-refractivity contribution >= 4 is 40.4 Å². The van der Waals surface area contributed by atoms with E-state index in [9.17, 15) is 4.79 Å². The summed E-state index contributed by atoms with van der Waals surface area (Å²) < 4.78 is 2.75. The van der Waals surface area contributed by atoms with Gasteiger partial charge in [-0.3, -0.25) is 9.48 Å². The van der Waals surface area contributed by atoms with E-state index in [4.69, 9.17) is 23.2 Å². The molecule has 0 aliphatic carbocycles. The number of hydrogen-bond acceptors (Lipinski definition) is 3. The maximum absolute atomic E-state index is 12.6. The number of aryl methyl sites for hydroxylation is 1. The van der Waals surface area contributed by atoms with Gasteiger partial charge in [-0.05, 0) is 18.9 Å². The van der Waals surface area contributed by atoms with E-state index in [1.165, 1.54) is 11.3 Å². The summed E-state index contributed by atoms with van der Waals surface area (Å²) in [5.74, 6) is -0.0514. The Morgan fingerprint density at radius 1 is 1.50 bits per heavy atom. The van der Waals surface area contributed by atoms with Crippen LogP contribution in [-0.2, 0) is 7.05 Å². The molecule has 0 saturated carbocycles. The summed E-state index contributed by atoms with van der Waals surface area (Å²) in [6, 6.07) is 1.72. The summed E-state index contributed by atoms with van der Waals surface area (Å²) in [4.78, 5) is 14.5. The van der Waals surface area contributed by atoms with Gasteiger partial charge in [-0.15, -0.1) is 11.3 Å². The van der Waals surface area contributed by atoms with Crippen LogP contribution in [0.4, 0.5) is 0 Å². The number of likely N-dealkylation sites (tertiary alicyclic amines) is 1. The second kappa shape index (κ2) is 5.39. The topological polar surface area (TPSA) is 38.1 Å². The van der Waals surface area contributed by atoms with E-state index in [0.29, 0.717) is 14.2 Å². The first-order valence-corrected chi connectivity index (χ1v) is 7.88. The molecule has 4 nitrogen and oxygen atoms in total. The Labute approximate surface area is 130 Å². The van der Waals surface area contributed by atoms with Gasteiger partial charge in [0.25, 0.3) is 5.91 Å². The smallest absolute Gasteiger partial charge is 0.256 e. The third-order valence-electron chi connectivity index (χ3n) is 3.51. The largest absolute Gasteiger partial charge is 0.331 e. The Hall–Kier alpha value is -1.04. The number of carbonyl (C=O) groups excluding carboxylic acids is 1. The van der Waals surface area contributed by atoms with Gasteiger partial charge in [-0.2, -0.15) is 5.10 Å². The fourth-order valence-corrected chi connectivity index (χ4v) is 4.06. The van der Waals surface area contributed by atoms with Crippen LogP contribution >= 0.6 is 34.5 Å². The summed E-state index contributed by atoms with van der Waals surface area (Å²) in [5.41, 5.74) is 1.56. The van der Waals surface area contributed by atoms with Crippen molar-refractivity contribution in [3.05, 3.63) is 38.3 Å². The van der Waals surface area contributed by atoms with Crippen molar-refractivity contribution in [2.45, 2.75) is 18.9 Å². The van der Waals surface area contributed by atoms with E-state index < -0.39 is 0 Å². The van der Waals surface area contributed by atoms with E-state index >= 15 is 0 Å². The maximum Gasteiger partial charge on any atom is 0.256 e. The zero-order chi connectivity index (χ0) is 14.3. The van der Waals surface area contributed by atoms with Crippen molar-refractivity contribution in [1.82, 2.24) is 14.7 Å². The molecule has 106 valence electrons. The molecular formula is C13H13Cl2N3OS. The van der Waals surface area contributed by atoms with Crippen LogP contribution in [0.2, 0.25) is 8.67 Å². The van der Waals surface area contributed by atoms with E-state index in [1.54, 1.807) is 10.7 Å². The molecule has 0 spiro atoms. The van der Waals surface area contributed by atoms with E-state index in [2.05, 4.69) is 5.10 Å². The highest BCUT2D eigenvalue weighted by atomic mass is 35.5. The summed E-state index contributed by atoms with van der Waals surface area (Å²) >= 11 is 13.2. The second-order valence-electron chi connectivity index (χ2n) is 4.84. The van der Waals surface area contributed by atoms with Crippen molar-refractivity contribution in [3.8, 4) is 0 Å². The Balaban J connectivity index is 1.89. The summed E-state index contributed by atoms with van der Waals surface area (Å²) in [5, 5.41) is 4.18. The molecule has 1 aliphatic rings. The highest BCUT2D eigenvalue weighted by Crippen LogP contribution is 2.37. The van der Waals surface area contributed by atoms with Crippen molar-refractivity contribution in [1.29, 1.82) is 0 Å². The third kappa shape index (κ3) is 2.45. The van der Waals surface area contributed by atoms with Gasteiger partial charge in [-0.1, -0.05) is 23.2 Å². The Kier molecular flexibility index (Phi) is 3.75. The molecule has 0 bridgehead atoms. The first kappa shape index (κ1) is 13.9. The van der Waals surface area contributed by atoms with Crippen LogP contribution in [0.25, 0.3) is 0 Å². The zero-order valence-electron chi connectivity index (χ0n) is 10.8. The van der Waals surface area contributed by atoms with Crippen LogP contribution < -0.4 is 0 Å². The lowest BCUT2D eigenvalue weighted by atomic mass is 10.1. The highest BCUT2D eigenvalue weighted by Gasteiger charge is 2.32. The van der Waals surface area contributed by atoms with Crippen LogP contribution in [0.15, 0.2) is 18.5 Å². The molecule has 0 aromatic carbocycles. The van der Waals surface area contributed by atoms with Gasteiger partial charge in [0.05, 0.1) is 22.1 Å². The van der Waals surface area contributed by atoms with Gasteiger partial charge in [-0.25, -0.2) is 0 Å². The normalized spacial score (nSPS) is 18.8. The third-order valence-corrected chi connectivity index (χ3v) is 5.00. The highest BCUT2D eigenvalue weighted by molar-refractivity contribution is 7.20. The zero-order valence-corrected chi connectivity index (χ0v) is 13.2. The quantitative estimate of drug-likeness (QED) is 0.841. The summed E-state index contributed by atoms with van der Waals surface area (Å²) in [6.45, 7) is 0.738. The number of hydrogen-bond donors (Lipinski definition) is 0. The predicted molar refractivity (Wildman–Crippen MR) is 80.6 cm³/mol. The van der Waals surface area contributed by atoms with Crippen LogP contribution in [0, 0.1) is 0 Å². The van der Waals surface area contributed by atoms with E-state index in [0.717, 1.165) is 24.9 Å². The SMILES string of the molecule is Cn1cc(C2CCCN2C(=O)c2cc(Cl)sc2Cl)cn1. The first-order chi connectivity index (χ1) is 9.56. The summed E-state index contributed by atoms with van der Waals surface area (Å²) in [6.07, 6.45) is 5.71. The lowest BCUT2D eigenvalue weighted by molar-refractivity contribution is 0.0736. The molecule has 3 heterocycles. The predicted octanol–water partition coefficient (Wildman–Crippen LogP) is 3.77. The molecule has 2 aromatic heterocycles. The fourth-order valence-electron chi connectivity index (χ4n) is 2.61. The minimum atomic E-state index is -0.0514. The van der Waals surface area contributed by atoms with Crippen molar-refractivity contribution in [3.63, 3.8) is 0 Å². The number of rotatable bonds is 2. The van der Waals surface area contributed by atoms with Gasteiger partial charge in [0.2, 0.25) is 0 Å². The van der Waals surface area contributed by atoms with E-state index in [-0.39, 0.29) is 11.9 Å². The Morgan fingerprint density at radius 2 is 2.30 bits per heavy atom. The van der Waals surface area contributed by atoms with E-state index in [1.807, 2.05) is 24.3 Å². The molecule has 1 amide bonds. The average Bonchev–Trinajstić information content (AvgIpc) is 3.08. The van der Waals surface area contributed by atoms with Gasteiger partial charge in [0.1, 0.15) is 4.34 Å². The monoisotopic (exact) mass is 329 g/mol. The number of halogens is 2. The molecule has 0 N–H and O–H groups in total. The number of amides is 1. The molecule has 2 aromatic rings. The van der Waals surface area contributed by atoms with Crippen molar-refractivity contribution < 1.29 is 4.79 Å². The Morgan fingerprint density at radius 3 is 2.90 bits per heavy atom. The van der Waals surface area contributed by atoms with Gasteiger partial charge >= 0.3 is 0 Å². The second-order valence-corrected chi connectivity index (χ2v) is 7.13. The molecule has 1 fully saturated rings. The van der Waals surface area contributed by atoms with Crippen molar-refractivity contribution in [2.75, 3.05) is 6.54 Å². The molecule has 1 unspecified atom stereocenters. The summed E-state index contributed by atoms with van der Waals surface area (Å²) in [7, 11) is 1.88. The van der Waals surface area contributed by atoms with Crippen LogP contribution in [0.1, 0.15) is 34.8 Å². The molecule has 0 radical (unpaired) electrons. The lowest BCUT2D eigenvalue weighted by Crippen LogP contribution is -2.30. The van der Waals surface area contributed by atoms with Crippen LogP contribution in [-0.4, -0.2) is 27.1 Å². The standard InChI is InChI=1S/C13H13Cl2N3OS/c1-17-7-8(6-16-17)10-3-2-4-18(10)13(19)9-5-11(14)20-12(9)15/h5-7,10H,2-4H2,1H3. The van der Waals surface area contributed by atoms with Gasteiger partial charge in [0, 0.05) is 25.4 Å². The number of nitrogens with zero attached hydrogens (tertiary/aromatic N) is 3. The Bertz CT molecular complexity index is 652. The average molecular weight is 330 g/mol. The molecule has 1 atom stereocenters. The molecular weight excluding hydrogens is 317 g/mol. The van der Waals surface area contributed by atoms with Gasteiger partial charge in [0.15, 0.2) is 0 Å². The molecule has 1 saturated heterocycles. The molecule has 1 aliphatic heterocycles. The minimum absolute atomic E-state index is 0.0514. The van der Waals surface area contributed by atoms with Gasteiger partial charge < -0.3 is 4.90 Å².